The van der Waals surface area contributed by atoms with E-state index >= 15 is 0 Å². The van der Waals surface area contributed by atoms with Gasteiger partial charge in [-0.1, -0.05) is 176 Å². The molecule has 0 radical (unpaired) electrons. The van der Waals surface area contributed by atoms with Gasteiger partial charge in [0.15, 0.2) is 0 Å². The summed E-state index contributed by atoms with van der Waals surface area (Å²) in [5.74, 6) is 0. The van der Waals surface area contributed by atoms with Crippen molar-refractivity contribution in [1.29, 1.82) is 0 Å². The molecule has 11 aromatic carbocycles. The summed E-state index contributed by atoms with van der Waals surface area (Å²) in [6.07, 6.45) is 0. The number of hydrogen-bond donors (Lipinski definition) is 0. The van der Waals surface area contributed by atoms with E-state index in [1.807, 2.05) is 0 Å². The molecule has 0 saturated heterocycles. The molecule has 13 aromatic rings. The zero-order valence-electron chi connectivity index (χ0n) is 35.4. The number of nitrogens with zero attached hydrogens (tertiary/aromatic N) is 2. The minimum absolute atomic E-state index is 0.861. The Kier molecular flexibility index (Phi) is 8.53. The Bertz CT molecular complexity index is 3920. The van der Waals surface area contributed by atoms with Crippen LogP contribution in [0.4, 0.5) is 17.1 Å². The van der Waals surface area contributed by atoms with Crippen LogP contribution in [0.5, 0.6) is 0 Å². The minimum atomic E-state index is 0.861. The van der Waals surface area contributed by atoms with Crippen LogP contribution >= 0.6 is 0 Å². The molecule has 0 atom stereocenters. The number of furan rings is 1. The molecule has 0 spiro atoms. The van der Waals surface area contributed by atoms with E-state index in [0.29, 0.717) is 0 Å². The molecule has 0 saturated carbocycles. The maximum atomic E-state index is 6.89. The van der Waals surface area contributed by atoms with Gasteiger partial charge in [-0.15, -0.1) is 0 Å². The first kappa shape index (κ1) is 36.9. The number of rotatable bonds is 7. The predicted molar refractivity (Wildman–Crippen MR) is 274 cm³/mol. The van der Waals surface area contributed by atoms with Gasteiger partial charge < -0.3 is 13.9 Å². The second-order valence-electron chi connectivity index (χ2n) is 16.9. The highest BCUT2D eigenvalue weighted by Crippen LogP contribution is 2.47. The number of hydrogen-bond acceptors (Lipinski definition) is 2. The van der Waals surface area contributed by atoms with Crippen LogP contribution in [0.3, 0.4) is 0 Å². The van der Waals surface area contributed by atoms with Crippen LogP contribution in [0.15, 0.2) is 247 Å². The third kappa shape index (κ3) is 6.12. The van der Waals surface area contributed by atoms with Crippen LogP contribution in [-0.4, -0.2) is 4.57 Å². The monoisotopic (exact) mass is 828 g/mol. The Hall–Kier alpha value is -8.66. The van der Waals surface area contributed by atoms with Crippen molar-refractivity contribution in [3.63, 3.8) is 0 Å². The van der Waals surface area contributed by atoms with Gasteiger partial charge in [0.25, 0.3) is 0 Å². The highest BCUT2D eigenvalue weighted by Gasteiger charge is 2.23. The third-order valence-electron chi connectivity index (χ3n) is 13.2. The summed E-state index contributed by atoms with van der Waals surface area (Å²) in [4.78, 5) is 2.41. The Morgan fingerprint density at radius 1 is 0.338 bits per heavy atom. The Morgan fingerprint density at radius 3 is 1.72 bits per heavy atom. The molecule has 13 rings (SSSR count). The largest absolute Gasteiger partial charge is 0.455 e. The van der Waals surface area contributed by atoms with Crippen molar-refractivity contribution < 1.29 is 4.42 Å². The van der Waals surface area contributed by atoms with E-state index in [1.54, 1.807) is 0 Å². The number of anilines is 3. The molecule has 0 aliphatic rings. The maximum absolute atomic E-state index is 6.89. The van der Waals surface area contributed by atoms with E-state index in [2.05, 4.69) is 252 Å². The fraction of sp³-hybridized carbons (Fsp3) is 0. The van der Waals surface area contributed by atoms with Crippen LogP contribution in [0.2, 0.25) is 0 Å². The Morgan fingerprint density at radius 2 is 0.908 bits per heavy atom. The van der Waals surface area contributed by atoms with Crippen molar-refractivity contribution in [1.82, 2.24) is 4.57 Å². The van der Waals surface area contributed by atoms with Crippen molar-refractivity contribution in [2.24, 2.45) is 0 Å². The van der Waals surface area contributed by atoms with Crippen LogP contribution in [0.25, 0.3) is 104 Å². The Labute approximate surface area is 376 Å². The third-order valence-corrected chi connectivity index (χ3v) is 13.2. The van der Waals surface area contributed by atoms with Crippen molar-refractivity contribution in [2.45, 2.75) is 0 Å². The lowest BCUT2D eigenvalue weighted by molar-refractivity contribution is 0.670. The van der Waals surface area contributed by atoms with E-state index in [0.717, 1.165) is 61.4 Å². The molecule has 3 nitrogen and oxygen atoms in total. The highest BCUT2D eigenvalue weighted by atomic mass is 16.3. The summed E-state index contributed by atoms with van der Waals surface area (Å²) < 4.78 is 9.27. The van der Waals surface area contributed by atoms with Gasteiger partial charge in [0.05, 0.1) is 22.1 Å². The topological polar surface area (TPSA) is 21.3 Å². The van der Waals surface area contributed by atoms with Crippen LogP contribution in [-0.2, 0) is 0 Å². The zero-order chi connectivity index (χ0) is 42.8. The molecule has 0 amide bonds. The lowest BCUT2D eigenvalue weighted by Crippen LogP contribution is -2.10. The smallest absolute Gasteiger partial charge is 0.145 e. The van der Waals surface area contributed by atoms with Crippen molar-refractivity contribution in [2.75, 3.05) is 4.90 Å². The second-order valence-corrected chi connectivity index (χ2v) is 16.9. The summed E-state index contributed by atoms with van der Waals surface area (Å²) in [5.41, 5.74) is 15.3. The lowest BCUT2D eigenvalue weighted by Gasteiger charge is -2.27. The number of fused-ring (bicyclic) bond motifs is 9. The molecule has 65 heavy (non-hydrogen) atoms. The molecule has 3 heteroatoms. The summed E-state index contributed by atoms with van der Waals surface area (Å²) in [7, 11) is 0. The first-order valence-corrected chi connectivity index (χ1v) is 22.2. The maximum Gasteiger partial charge on any atom is 0.145 e. The number of para-hydroxylation sites is 3. The van der Waals surface area contributed by atoms with Crippen LogP contribution in [0, 0.1) is 0 Å². The van der Waals surface area contributed by atoms with Gasteiger partial charge in [-0.05, 0) is 116 Å². The standard InChI is InChI=1S/C62H40N2O/c1-3-13-41(14-4-1)42-23-25-45(26-24-42)52-37-38-58(61-55-20-10-12-22-60(55)65-62(52)61)63(50-35-31-46-28-27-44-15-7-8-18-51(44)56(46)40-50)49-33-29-43(30-34-49)47-32-36-54-53-19-9-11-21-57(53)64(59(54)39-47)48-16-5-2-6-17-48/h1-40H. The first-order valence-electron chi connectivity index (χ1n) is 22.2. The SMILES string of the molecule is c1ccc(-c2ccc(-c3ccc(N(c4ccc(-c5ccc6c7ccccc7n(-c7ccccc7)c6c5)cc4)c4ccc5ccc6ccccc6c5c4)c4c3oc3ccccc34)cc2)cc1. The second kappa shape index (κ2) is 15.0. The van der Waals surface area contributed by atoms with E-state index < -0.39 is 0 Å². The van der Waals surface area contributed by atoms with Gasteiger partial charge in [0, 0.05) is 38.8 Å². The van der Waals surface area contributed by atoms with Crippen molar-refractivity contribution in [3.8, 4) is 39.1 Å². The fourth-order valence-corrected chi connectivity index (χ4v) is 10.1. The summed E-state index contributed by atoms with van der Waals surface area (Å²) in [6, 6.07) is 87.6. The molecule has 0 N–H and O–H groups in total. The summed E-state index contributed by atoms with van der Waals surface area (Å²) >= 11 is 0. The molecule has 0 fully saturated rings. The molecule has 0 aliphatic carbocycles. The fourth-order valence-electron chi connectivity index (χ4n) is 10.1. The van der Waals surface area contributed by atoms with Gasteiger partial charge >= 0.3 is 0 Å². The average Bonchev–Trinajstić information content (AvgIpc) is 3.94. The van der Waals surface area contributed by atoms with E-state index in [1.165, 1.54) is 60.0 Å². The van der Waals surface area contributed by atoms with Gasteiger partial charge in [-0.3, -0.25) is 0 Å². The van der Waals surface area contributed by atoms with E-state index in [9.17, 15) is 0 Å². The number of benzene rings is 11. The summed E-state index contributed by atoms with van der Waals surface area (Å²) in [6.45, 7) is 0. The van der Waals surface area contributed by atoms with Gasteiger partial charge in [-0.25, -0.2) is 0 Å². The molecule has 2 aromatic heterocycles. The minimum Gasteiger partial charge on any atom is -0.455 e. The van der Waals surface area contributed by atoms with E-state index in [-0.39, 0.29) is 0 Å². The molecular formula is C62H40N2O. The van der Waals surface area contributed by atoms with Crippen LogP contribution < -0.4 is 4.90 Å². The molecule has 2 heterocycles. The molecule has 0 unspecified atom stereocenters. The van der Waals surface area contributed by atoms with Gasteiger partial charge in [0.2, 0.25) is 0 Å². The first-order chi connectivity index (χ1) is 32.2. The van der Waals surface area contributed by atoms with Crippen LogP contribution in [0.1, 0.15) is 0 Å². The lowest BCUT2D eigenvalue weighted by atomic mass is 9.97. The number of aromatic nitrogens is 1. The Balaban J connectivity index is 0.993. The van der Waals surface area contributed by atoms with Gasteiger partial charge in [-0.2, -0.15) is 0 Å². The highest BCUT2D eigenvalue weighted by molar-refractivity contribution is 6.18. The average molecular weight is 829 g/mol. The molecule has 0 bridgehead atoms. The van der Waals surface area contributed by atoms with Gasteiger partial charge in [0.1, 0.15) is 11.2 Å². The quantitative estimate of drug-likeness (QED) is 0.149. The molecule has 0 aliphatic heterocycles. The molecule has 304 valence electrons. The summed E-state index contributed by atoms with van der Waals surface area (Å²) in [5, 5.41) is 9.53. The van der Waals surface area contributed by atoms with E-state index in [4.69, 9.17) is 4.42 Å². The molecular weight excluding hydrogens is 789 g/mol. The van der Waals surface area contributed by atoms with Crippen molar-refractivity contribution in [3.05, 3.63) is 243 Å². The van der Waals surface area contributed by atoms with Crippen molar-refractivity contribution >= 4 is 82.4 Å². The predicted octanol–water partition coefficient (Wildman–Crippen LogP) is 17.5. The normalized spacial score (nSPS) is 11.7. The zero-order valence-corrected chi connectivity index (χ0v) is 35.4.